The van der Waals surface area contributed by atoms with Gasteiger partial charge in [-0.2, -0.15) is 0 Å². The summed E-state index contributed by atoms with van der Waals surface area (Å²) in [5.74, 6) is -0.355. The van der Waals surface area contributed by atoms with Crippen LogP contribution in [0.2, 0.25) is 0 Å². The summed E-state index contributed by atoms with van der Waals surface area (Å²) in [7, 11) is 0. The Morgan fingerprint density at radius 1 is 1.53 bits per heavy atom. The molecule has 1 aromatic rings. The van der Waals surface area contributed by atoms with Crippen LogP contribution in [0.5, 0.6) is 0 Å². The van der Waals surface area contributed by atoms with E-state index in [-0.39, 0.29) is 12.5 Å². The van der Waals surface area contributed by atoms with Crippen molar-refractivity contribution < 1.29 is 19.1 Å². The molecule has 19 heavy (non-hydrogen) atoms. The Labute approximate surface area is 112 Å². The third-order valence-electron chi connectivity index (χ3n) is 3.61. The molecular weight excluding hydrogens is 246 g/mol. The third kappa shape index (κ3) is 2.80. The summed E-state index contributed by atoms with van der Waals surface area (Å²) in [5.41, 5.74) is 0.970. The molecule has 1 fully saturated rings. The van der Waals surface area contributed by atoms with E-state index in [0.29, 0.717) is 18.7 Å². The highest BCUT2D eigenvalue weighted by atomic mass is 16.4. The van der Waals surface area contributed by atoms with Gasteiger partial charge in [0.2, 0.25) is 0 Å². The lowest BCUT2D eigenvalue weighted by atomic mass is 9.98. The van der Waals surface area contributed by atoms with E-state index in [2.05, 4.69) is 0 Å². The quantitative estimate of drug-likeness (QED) is 0.908. The third-order valence-corrected chi connectivity index (χ3v) is 3.61. The zero-order valence-electron chi connectivity index (χ0n) is 11.3. The van der Waals surface area contributed by atoms with Crippen LogP contribution in [0.3, 0.4) is 0 Å². The van der Waals surface area contributed by atoms with E-state index in [4.69, 9.17) is 9.52 Å². The molecule has 0 saturated carbocycles. The number of carboxylic acids is 1. The highest BCUT2D eigenvalue weighted by molar-refractivity contribution is 5.92. The van der Waals surface area contributed by atoms with Crippen molar-refractivity contribution in [2.24, 2.45) is 5.92 Å². The normalized spacial score (nSPS) is 19.5. The number of aliphatic carboxylic acids is 1. The van der Waals surface area contributed by atoms with Crippen LogP contribution < -0.4 is 0 Å². The van der Waals surface area contributed by atoms with E-state index < -0.39 is 11.9 Å². The van der Waals surface area contributed by atoms with E-state index in [1.165, 1.54) is 0 Å². The molecule has 1 aromatic heterocycles. The van der Waals surface area contributed by atoms with Crippen molar-refractivity contribution in [3.05, 3.63) is 23.2 Å². The monoisotopic (exact) mass is 265 g/mol. The first-order valence-corrected chi connectivity index (χ1v) is 6.64. The smallest absolute Gasteiger partial charge is 0.308 e. The van der Waals surface area contributed by atoms with E-state index in [1.54, 1.807) is 11.0 Å². The first-order chi connectivity index (χ1) is 9.02. The molecule has 1 atom stereocenters. The number of furan rings is 1. The Hall–Kier alpha value is -1.78. The van der Waals surface area contributed by atoms with Crippen LogP contribution in [0.15, 0.2) is 10.5 Å². The molecule has 0 spiro atoms. The summed E-state index contributed by atoms with van der Waals surface area (Å²) in [6, 6.07) is 1.74. The van der Waals surface area contributed by atoms with Crippen molar-refractivity contribution >= 4 is 11.9 Å². The van der Waals surface area contributed by atoms with Gasteiger partial charge in [0.25, 0.3) is 5.91 Å². The number of piperidine rings is 1. The standard InChI is InChI=1S/C14H19NO4/c1-3-11-9(2)7-12(19-11)13(16)15-6-4-5-10(8-15)14(17)18/h7,10H,3-6,8H2,1-2H3,(H,17,18). The van der Waals surface area contributed by atoms with Crippen molar-refractivity contribution in [3.63, 3.8) is 0 Å². The first-order valence-electron chi connectivity index (χ1n) is 6.64. The number of hydrogen-bond donors (Lipinski definition) is 1. The lowest BCUT2D eigenvalue weighted by Crippen LogP contribution is -2.42. The minimum absolute atomic E-state index is 0.200. The topological polar surface area (TPSA) is 70.8 Å². The molecule has 1 saturated heterocycles. The number of rotatable bonds is 3. The second-order valence-electron chi connectivity index (χ2n) is 5.00. The van der Waals surface area contributed by atoms with Crippen molar-refractivity contribution in [1.82, 2.24) is 4.90 Å². The van der Waals surface area contributed by atoms with Gasteiger partial charge in [-0.1, -0.05) is 6.92 Å². The molecule has 0 aliphatic carbocycles. The molecule has 2 rings (SSSR count). The fourth-order valence-corrected chi connectivity index (χ4v) is 2.50. The molecule has 1 aliphatic heterocycles. The Bertz CT molecular complexity index is 492. The second kappa shape index (κ2) is 5.47. The van der Waals surface area contributed by atoms with Crippen LogP contribution in [-0.4, -0.2) is 35.0 Å². The maximum absolute atomic E-state index is 12.3. The maximum Gasteiger partial charge on any atom is 0.308 e. The summed E-state index contributed by atoms with van der Waals surface area (Å²) in [6.45, 7) is 4.76. The van der Waals surface area contributed by atoms with Crippen LogP contribution in [0, 0.1) is 12.8 Å². The molecule has 104 valence electrons. The van der Waals surface area contributed by atoms with Gasteiger partial charge in [-0.15, -0.1) is 0 Å². The van der Waals surface area contributed by atoms with Crippen molar-refractivity contribution in [1.29, 1.82) is 0 Å². The minimum Gasteiger partial charge on any atom is -0.481 e. The average molecular weight is 265 g/mol. The predicted octanol–water partition coefficient (Wildman–Crippen LogP) is 2.09. The molecule has 1 N–H and O–H groups in total. The van der Waals surface area contributed by atoms with Gasteiger partial charge in [0.05, 0.1) is 5.92 Å². The number of carbonyl (C=O) groups is 2. The highest BCUT2D eigenvalue weighted by Crippen LogP contribution is 2.21. The van der Waals surface area contributed by atoms with E-state index >= 15 is 0 Å². The van der Waals surface area contributed by atoms with Gasteiger partial charge in [-0.25, -0.2) is 0 Å². The second-order valence-corrected chi connectivity index (χ2v) is 5.00. The zero-order chi connectivity index (χ0) is 14.0. The summed E-state index contributed by atoms with van der Waals surface area (Å²) in [4.78, 5) is 24.9. The van der Waals surface area contributed by atoms with Gasteiger partial charge >= 0.3 is 5.97 Å². The molecular formula is C14H19NO4. The fourth-order valence-electron chi connectivity index (χ4n) is 2.50. The molecule has 0 radical (unpaired) electrons. The van der Waals surface area contributed by atoms with Crippen LogP contribution in [0.4, 0.5) is 0 Å². The zero-order valence-corrected chi connectivity index (χ0v) is 11.3. The summed E-state index contributed by atoms with van der Waals surface area (Å²) < 4.78 is 5.54. The Morgan fingerprint density at radius 3 is 2.84 bits per heavy atom. The first kappa shape index (κ1) is 13.6. The number of nitrogens with zero attached hydrogens (tertiary/aromatic N) is 1. The number of hydrogen-bond acceptors (Lipinski definition) is 3. The van der Waals surface area contributed by atoms with Crippen molar-refractivity contribution in [3.8, 4) is 0 Å². The molecule has 0 aromatic carbocycles. The molecule has 1 aliphatic rings. The van der Waals surface area contributed by atoms with Gasteiger partial charge in [-0.3, -0.25) is 9.59 Å². The van der Waals surface area contributed by atoms with Crippen molar-refractivity contribution in [2.75, 3.05) is 13.1 Å². The van der Waals surface area contributed by atoms with Gasteiger partial charge in [0.15, 0.2) is 5.76 Å². The van der Waals surface area contributed by atoms with E-state index in [1.807, 2.05) is 13.8 Å². The fraction of sp³-hybridized carbons (Fsp3) is 0.571. The maximum atomic E-state index is 12.3. The lowest BCUT2D eigenvalue weighted by molar-refractivity contribution is -0.143. The molecule has 0 bridgehead atoms. The minimum atomic E-state index is -0.831. The Kier molecular flexibility index (Phi) is 3.93. The summed E-state index contributed by atoms with van der Waals surface area (Å²) in [5, 5.41) is 9.03. The molecule has 2 heterocycles. The SMILES string of the molecule is CCc1oc(C(=O)N2CCCC(C(=O)O)C2)cc1C. The van der Waals surface area contributed by atoms with Crippen LogP contribution in [0.1, 0.15) is 41.6 Å². The molecule has 1 unspecified atom stereocenters. The number of carbonyl (C=O) groups excluding carboxylic acids is 1. The van der Waals surface area contributed by atoms with Crippen molar-refractivity contribution in [2.45, 2.75) is 33.1 Å². The van der Waals surface area contributed by atoms with Crippen LogP contribution in [-0.2, 0) is 11.2 Å². The van der Waals surface area contributed by atoms with Gasteiger partial charge < -0.3 is 14.4 Å². The van der Waals surface area contributed by atoms with Crippen LogP contribution >= 0.6 is 0 Å². The molecule has 5 nitrogen and oxygen atoms in total. The largest absolute Gasteiger partial charge is 0.481 e. The Morgan fingerprint density at radius 2 is 2.26 bits per heavy atom. The molecule has 5 heteroatoms. The summed E-state index contributed by atoms with van der Waals surface area (Å²) >= 11 is 0. The van der Waals surface area contributed by atoms with Gasteiger partial charge in [0, 0.05) is 19.5 Å². The molecule has 1 amide bonds. The van der Waals surface area contributed by atoms with E-state index in [0.717, 1.165) is 24.2 Å². The van der Waals surface area contributed by atoms with Crippen LogP contribution in [0.25, 0.3) is 0 Å². The number of likely N-dealkylation sites (tertiary alicyclic amines) is 1. The predicted molar refractivity (Wildman–Crippen MR) is 69.1 cm³/mol. The summed E-state index contributed by atoms with van der Waals surface area (Å²) in [6.07, 6.45) is 2.11. The van der Waals surface area contributed by atoms with E-state index in [9.17, 15) is 9.59 Å². The number of carboxylic acid groups (broad SMARTS) is 1. The lowest BCUT2D eigenvalue weighted by Gasteiger charge is -2.29. The van der Waals surface area contributed by atoms with Gasteiger partial charge in [0.1, 0.15) is 5.76 Å². The number of amides is 1. The number of aryl methyl sites for hydroxylation is 2. The highest BCUT2D eigenvalue weighted by Gasteiger charge is 2.30. The van der Waals surface area contributed by atoms with Gasteiger partial charge in [-0.05, 0) is 31.4 Å². The average Bonchev–Trinajstić information content (AvgIpc) is 2.79. The Balaban J connectivity index is 2.12.